The van der Waals surface area contributed by atoms with Gasteiger partial charge in [0.05, 0.1) is 23.1 Å². The molecule has 0 N–H and O–H groups in total. The molecule has 0 aliphatic carbocycles. The lowest BCUT2D eigenvalue weighted by atomic mass is 9.97. The molecule has 0 heterocycles. The van der Waals surface area contributed by atoms with Crippen molar-refractivity contribution in [1.29, 1.82) is 5.26 Å². The largest absolute Gasteiger partial charge is 0.417 e. The molecule has 0 saturated heterocycles. The van der Waals surface area contributed by atoms with E-state index in [-0.39, 0.29) is 17.0 Å². The third kappa shape index (κ3) is 2.77. The molecular weight excluding hydrogens is 255 g/mol. The average molecular weight is 262 g/mol. The number of hydrogen-bond acceptors (Lipinski definition) is 2. The Labute approximate surface area is 101 Å². The number of nitrogens with zero attached hydrogens (tertiary/aromatic N) is 1. The molecule has 0 aliphatic heterocycles. The van der Waals surface area contributed by atoms with Gasteiger partial charge in [0, 0.05) is 5.56 Å². The number of halogens is 4. The Bertz CT molecular complexity index is 503. The van der Waals surface area contributed by atoms with E-state index >= 15 is 0 Å². The second kappa shape index (κ2) is 4.76. The summed E-state index contributed by atoms with van der Waals surface area (Å²) in [6, 6.07) is 3.46. The van der Waals surface area contributed by atoms with Crippen LogP contribution in [0, 0.1) is 18.3 Å². The van der Waals surface area contributed by atoms with Gasteiger partial charge in [-0.25, -0.2) is 0 Å². The van der Waals surface area contributed by atoms with Crippen LogP contribution in [0.1, 0.15) is 27.0 Å². The molecule has 0 aromatic heterocycles. The molecule has 6 heteroatoms. The number of aryl methyl sites for hydroxylation is 1. The minimum Gasteiger partial charge on any atom is -0.293 e. The Kier molecular flexibility index (Phi) is 3.79. The number of rotatable bonds is 2. The van der Waals surface area contributed by atoms with Crippen molar-refractivity contribution < 1.29 is 18.0 Å². The van der Waals surface area contributed by atoms with E-state index in [2.05, 4.69) is 0 Å². The fourth-order valence-corrected chi connectivity index (χ4v) is 1.64. The van der Waals surface area contributed by atoms with Crippen LogP contribution in [0.4, 0.5) is 13.2 Å². The summed E-state index contributed by atoms with van der Waals surface area (Å²) in [6.45, 7) is 1.20. The zero-order valence-electron chi connectivity index (χ0n) is 8.73. The Hall–Kier alpha value is -1.54. The number of Topliss-reactive ketones (excluding diaryl/α,β-unsaturated/α-hetero) is 1. The van der Waals surface area contributed by atoms with Gasteiger partial charge < -0.3 is 0 Å². The number of nitriles is 1. The molecule has 0 spiro atoms. The number of benzene rings is 1. The maximum atomic E-state index is 12.6. The summed E-state index contributed by atoms with van der Waals surface area (Å²) in [4.78, 5) is 11.3. The molecule has 2 nitrogen and oxygen atoms in total. The van der Waals surface area contributed by atoms with Crippen LogP contribution < -0.4 is 0 Å². The van der Waals surface area contributed by atoms with E-state index in [1.165, 1.54) is 13.0 Å². The van der Waals surface area contributed by atoms with Gasteiger partial charge in [-0.3, -0.25) is 4.79 Å². The Balaban J connectivity index is 3.48. The molecule has 1 aromatic rings. The van der Waals surface area contributed by atoms with Gasteiger partial charge in [0.25, 0.3) is 0 Å². The predicted octanol–water partition coefficient (Wildman–Crippen LogP) is 3.31. The minimum atomic E-state index is -4.61. The highest BCUT2D eigenvalue weighted by molar-refractivity contribution is 6.30. The van der Waals surface area contributed by atoms with Crippen molar-refractivity contribution in [2.24, 2.45) is 0 Å². The maximum absolute atomic E-state index is 12.6. The minimum absolute atomic E-state index is 0.0158. The van der Waals surface area contributed by atoms with Crippen molar-refractivity contribution >= 4 is 17.4 Å². The zero-order chi connectivity index (χ0) is 13.2. The van der Waals surface area contributed by atoms with Crippen LogP contribution in [0.25, 0.3) is 0 Å². The summed E-state index contributed by atoms with van der Waals surface area (Å²) in [6.07, 6.45) is -4.61. The topological polar surface area (TPSA) is 40.9 Å². The fraction of sp³-hybridized carbons (Fsp3) is 0.273. The first-order chi connectivity index (χ1) is 7.81. The van der Waals surface area contributed by atoms with Crippen molar-refractivity contribution in [3.8, 4) is 6.07 Å². The smallest absolute Gasteiger partial charge is 0.293 e. The van der Waals surface area contributed by atoms with Gasteiger partial charge in [-0.05, 0) is 24.6 Å². The highest BCUT2D eigenvalue weighted by Crippen LogP contribution is 2.35. The summed E-state index contributed by atoms with van der Waals surface area (Å²) >= 11 is 5.31. The summed E-state index contributed by atoms with van der Waals surface area (Å²) in [7, 11) is 0. The van der Waals surface area contributed by atoms with Crippen LogP contribution in [0.15, 0.2) is 12.1 Å². The molecule has 1 rings (SSSR count). The van der Waals surface area contributed by atoms with E-state index in [1.807, 2.05) is 0 Å². The van der Waals surface area contributed by atoms with Crippen LogP contribution in [0.3, 0.4) is 0 Å². The summed E-state index contributed by atoms with van der Waals surface area (Å²) in [5.41, 5.74) is -1.72. The number of carbonyl (C=O) groups excluding carboxylic acids is 1. The molecule has 0 aliphatic rings. The average Bonchev–Trinajstić information content (AvgIpc) is 2.24. The third-order valence-electron chi connectivity index (χ3n) is 2.18. The Morgan fingerprint density at radius 3 is 2.47 bits per heavy atom. The molecule has 1 aromatic carbocycles. The summed E-state index contributed by atoms with van der Waals surface area (Å²) in [5.74, 6) is -0.852. The van der Waals surface area contributed by atoms with Gasteiger partial charge in [0.1, 0.15) is 0 Å². The molecule has 17 heavy (non-hydrogen) atoms. The molecule has 0 unspecified atom stereocenters. The lowest BCUT2D eigenvalue weighted by Crippen LogP contribution is -2.12. The lowest BCUT2D eigenvalue weighted by molar-refractivity contribution is -0.138. The number of carbonyl (C=O) groups is 1. The number of alkyl halides is 4. The van der Waals surface area contributed by atoms with Crippen molar-refractivity contribution in [3.05, 3.63) is 34.4 Å². The van der Waals surface area contributed by atoms with Gasteiger partial charge in [0.15, 0.2) is 5.78 Å². The van der Waals surface area contributed by atoms with Gasteiger partial charge >= 0.3 is 6.18 Å². The van der Waals surface area contributed by atoms with Crippen molar-refractivity contribution in [2.75, 3.05) is 5.88 Å². The maximum Gasteiger partial charge on any atom is 0.417 e. The third-order valence-corrected chi connectivity index (χ3v) is 2.43. The van der Waals surface area contributed by atoms with E-state index in [0.29, 0.717) is 0 Å². The molecule has 0 fully saturated rings. The van der Waals surface area contributed by atoms with Crippen molar-refractivity contribution in [1.82, 2.24) is 0 Å². The van der Waals surface area contributed by atoms with Crippen LogP contribution in [0.2, 0.25) is 0 Å². The van der Waals surface area contributed by atoms with Gasteiger partial charge in [-0.2, -0.15) is 18.4 Å². The second-order valence-electron chi connectivity index (χ2n) is 3.38. The second-order valence-corrected chi connectivity index (χ2v) is 3.65. The molecule has 0 saturated carbocycles. The standard InChI is InChI=1S/C11H7ClF3NO/c1-6-2-7(9(17)4-12)3-8(5-16)10(6)11(13,14)15/h2-3H,4H2,1H3. The van der Waals surface area contributed by atoms with E-state index in [1.54, 1.807) is 0 Å². The zero-order valence-corrected chi connectivity index (χ0v) is 9.49. The first-order valence-corrected chi connectivity index (χ1v) is 5.05. The van der Waals surface area contributed by atoms with Crippen molar-refractivity contribution in [2.45, 2.75) is 13.1 Å². The number of ketones is 1. The quantitative estimate of drug-likeness (QED) is 0.605. The first-order valence-electron chi connectivity index (χ1n) is 4.52. The molecular formula is C11H7ClF3NO. The lowest BCUT2D eigenvalue weighted by Gasteiger charge is -2.13. The molecule has 90 valence electrons. The molecule has 0 bridgehead atoms. The Morgan fingerprint density at radius 2 is 2.06 bits per heavy atom. The summed E-state index contributed by atoms with van der Waals surface area (Å²) in [5, 5.41) is 8.69. The molecule has 0 amide bonds. The normalized spacial score (nSPS) is 11.1. The van der Waals surface area contributed by atoms with Crippen LogP contribution >= 0.6 is 11.6 Å². The van der Waals surface area contributed by atoms with E-state index in [4.69, 9.17) is 16.9 Å². The van der Waals surface area contributed by atoms with Crippen molar-refractivity contribution in [3.63, 3.8) is 0 Å². The first kappa shape index (κ1) is 13.5. The highest BCUT2D eigenvalue weighted by atomic mass is 35.5. The van der Waals surface area contributed by atoms with Crippen LogP contribution in [-0.4, -0.2) is 11.7 Å². The van der Waals surface area contributed by atoms with E-state index in [0.717, 1.165) is 12.1 Å². The highest BCUT2D eigenvalue weighted by Gasteiger charge is 2.35. The van der Waals surface area contributed by atoms with Gasteiger partial charge in [-0.15, -0.1) is 11.6 Å². The van der Waals surface area contributed by atoms with Gasteiger partial charge in [-0.1, -0.05) is 0 Å². The summed E-state index contributed by atoms with van der Waals surface area (Å²) < 4.78 is 37.9. The van der Waals surface area contributed by atoms with E-state index < -0.39 is 23.1 Å². The van der Waals surface area contributed by atoms with Crippen LogP contribution in [-0.2, 0) is 6.18 Å². The number of hydrogen-bond donors (Lipinski definition) is 0. The molecule has 0 radical (unpaired) electrons. The monoisotopic (exact) mass is 261 g/mol. The predicted molar refractivity (Wildman–Crippen MR) is 55.9 cm³/mol. The molecule has 0 atom stereocenters. The Morgan fingerprint density at radius 1 is 1.47 bits per heavy atom. The van der Waals surface area contributed by atoms with Gasteiger partial charge in [0.2, 0.25) is 0 Å². The van der Waals surface area contributed by atoms with E-state index in [9.17, 15) is 18.0 Å². The SMILES string of the molecule is Cc1cc(C(=O)CCl)cc(C#N)c1C(F)(F)F. The van der Waals surface area contributed by atoms with Crippen LogP contribution in [0.5, 0.6) is 0 Å². The fourth-order valence-electron chi connectivity index (χ4n) is 1.49.